The smallest absolute Gasteiger partial charge is 0.241 e. The number of anilines is 1. The van der Waals surface area contributed by atoms with Crippen molar-refractivity contribution in [3.8, 4) is 5.75 Å². The van der Waals surface area contributed by atoms with E-state index in [0.717, 1.165) is 0 Å². The molecule has 0 spiro atoms. The molecule has 0 radical (unpaired) electrons. The lowest BCUT2D eigenvalue weighted by Crippen LogP contribution is -2.31. The van der Waals surface area contributed by atoms with Crippen molar-refractivity contribution in [1.29, 1.82) is 0 Å². The molecule has 94 valence electrons. The van der Waals surface area contributed by atoms with Crippen LogP contribution in [0.5, 0.6) is 5.75 Å². The van der Waals surface area contributed by atoms with Gasteiger partial charge in [0.1, 0.15) is 0 Å². The Morgan fingerprint density at radius 3 is 2.82 bits per heavy atom. The molecule has 1 aromatic rings. The number of likely N-dealkylation sites (N-methyl/N-ethyl adjacent to an activating group) is 1. The lowest BCUT2D eigenvalue weighted by molar-refractivity contribution is -0.127. The number of ether oxygens (including phenoxy) is 1. The topological polar surface area (TPSA) is 41.6 Å². The number of amides is 1. The number of rotatable bonds is 5. The van der Waals surface area contributed by atoms with E-state index < -0.39 is 5.82 Å². The number of nitrogens with one attached hydrogen (secondary N) is 1. The Kier molecular flexibility index (Phi) is 4.75. The average Bonchev–Trinajstić information content (AvgIpc) is 2.36. The minimum Gasteiger partial charge on any atom is -0.494 e. The molecular formula is C12H17FN2O2. The summed E-state index contributed by atoms with van der Waals surface area (Å²) in [6.07, 6.45) is 0. The molecule has 0 saturated carbocycles. The highest BCUT2D eigenvalue weighted by atomic mass is 19.1. The zero-order valence-corrected chi connectivity index (χ0v) is 10.3. The van der Waals surface area contributed by atoms with Crippen molar-refractivity contribution in [3.05, 3.63) is 24.0 Å². The highest BCUT2D eigenvalue weighted by Gasteiger charge is 2.07. The molecule has 0 aliphatic heterocycles. The fourth-order valence-electron chi connectivity index (χ4n) is 1.26. The monoisotopic (exact) mass is 240 g/mol. The molecular weight excluding hydrogens is 223 g/mol. The van der Waals surface area contributed by atoms with Crippen LogP contribution in [0.2, 0.25) is 0 Å². The van der Waals surface area contributed by atoms with Gasteiger partial charge in [-0.1, -0.05) is 0 Å². The summed E-state index contributed by atoms with van der Waals surface area (Å²) >= 11 is 0. The van der Waals surface area contributed by atoms with Crippen LogP contribution in [0.25, 0.3) is 0 Å². The predicted molar refractivity (Wildman–Crippen MR) is 64.8 cm³/mol. The highest BCUT2D eigenvalue weighted by Crippen LogP contribution is 2.21. The molecule has 1 amide bonds. The summed E-state index contributed by atoms with van der Waals surface area (Å²) in [6, 6.07) is 4.39. The Morgan fingerprint density at radius 1 is 1.53 bits per heavy atom. The van der Waals surface area contributed by atoms with Crippen LogP contribution >= 0.6 is 0 Å². The molecule has 1 rings (SSSR count). The summed E-state index contributed by atoms with van der Waals surface area (Å²) < 4.78 is 18.0. The molecule has 0 unspecified atom stereocenters. The Bertz CT molecular complexity index is 396. The van der Waals surface area contributed by atoms with E-state index in [4.69, 9.17) is 4.74 Å². The van der Waals surface area contributed by atoms with E-state index in [1.165, 1.54) is 19.2 Å². The second-order valence-electron chi connectivity index (χ2n) is 3.61. The Morgan fingerprint density at radius 2 is 2.24 bits per heavy atom. The van der Waals surface area contributed by atoms with E-state index in [1.807, 2.05) is 6.92 Å². The predicted octanol–water partition coefficient (Wildman–Crippen LogP) is 1.72. The number of hydrogen-bond donors (Lipinski definition) is 1. The van der Waals surface area contributed by atoms with Crippen LogP contribution in [0.1, 0.15) is 6.92 Å². The molecule has 0 fully saturated rings. The van der Waals surface area contributed by atoms with Gasteiger partial charge in [0, 0.05) is 25.3 Å². The first kappa shape index (κ1) is 13.3. The van der Waals surface area contributed by atoms with Crippen LogP contribution in [0.4, 0.5) is 10.1 Å². The zero-order valence-electron chi connectivity index (χ0n) is 10.3. The van der Waals surface area contributed by atoms with Gasteiger partial charge in [0.2, 0.25) is 5.91 Å². The summed E-state index contributed by atoms with van der Waals surface area (Å²) in [5.74, 6) is -0.280. The highest BCUT2D eigenvalue weighted by molar-refractivity contribution is 5.80. The maximum absolute atomic E-state index is 13.1. The third-order valence-electron chi connectivity index (χ3n) is 2.49. The van der Waals surface area contributed by atoms with Gasteiger partial charge in [0.15, 0.2) is 11.6 Å². The third-order valence-corrected chi connectivity index (χ3v) is 2.49. The van der Waals surface area contributed by atoms with Crippen molar-refractivity contribution in [2.24, 2.45) is 0 Å². The number of halogens is 1. The Labute approximate surface area is 100 Å². The van der Waals surface area contributed by atoms with E-state index in [2.05, 4.69) is 5.32 Å². The van der Waals surface area contributed by atoms with Crippen LogP contribution in [0.3, 0.4) is 0 Å². The first-order valence-electron chi connectivity index (χ1n) is 5.39. The van der Waals surface area contributed by atoms with Gasteiger partial charge in [-0.15, -0.1) is 0 Å². The maximum atomic E-state index is 13.1. The summed E-state index contributed by atoms with van der Waals surface area (Å²) in [6.45, 7) is 2.74. The van der Waals surface area contributed by atoms with Crippen molar-refractivity contribution in [2.45, 2.75) is 6.92 Å². The Hall–Kier alpha value is -1.78. The van der Waals surface area contributed by atoms with Gasteiger partial charge in [-0.05, 0) is 19.1 Å². The first-order chi connectivity index (χ1) is 8.08. The lowest BCUT2D eigenvalue weighted by Gasteiger charge is -2.15. The van der Waals surface area contributed by atoms with Gasteiger partial charge in [-0.3, -0.25) is 4.79 Å². The van der Waals surface area contributed by atoms with Crippen molar-refractivity contribution < 1.29 is 13.9 Å². The molecule has 0 bridgehead atoms. The maximum Gasteiger partial charge on any atom is 0.241 e. The van der Waals surface area contributed by atoms with Crippen molar-refractivity contribution in [2.75, 3.05) is 32.6 Å². The van der Waals surface area contributed by atoms with E-state index >= 15 is 0 Å². The minimum atomic E-state index is -0.421. The molecule has 17 heavy (non-hydrogen) atoms. The molecule has 0 saturated heterocycles. The first-order valence-corrected chi connectivity index (χ1v) is 5.39. The fourth-order valence-corrected chi connectivity index (χ4v) is 1.26. The van der Waals surface area contributed by atoms with Crippen molar-refractivity contribution >= 4 is 11.6 Å². The Balaban J connectivity index is 2.61. The third kappa shape index (κ3) is 3.62. The van der Waals surface area contributed by atoms with Gasteiger partial charge < -0.3 is 15.0 Å². The normalized spacial score (nSPS) is 9.88. The van der Waals surface area contributed by atoms with E-state index in [1.54, 1.807) is 18.0 Å². The summed E-state index contributed by atoms with van der Waals surface area (Å²) in [7, 11) is 3.13. The van der Waals surface area contributed by atoms with Crippen LogP contribution in [-0.4, -0.2) is 38.1 Å². The molecule has 0 aliphatic rings. The van der Waals surface area contributed by atoms with E-state index in [0.29, 0.717) is 12.2 Å². The second-order valence-corrected chi connectivity index (χ2v) is 3.61. The summed E-state index contributed by atoms with van der Waals surface area (Å²) in [4.78, 5) is 13.1. The average molecular weight is 240 g/mol. The van der Waals surface area contributed by atoms with Gasteiger partial charge in [-0.2, -0.15) is 0 Å². The molecule has 1 N–H and O–H groups in total. The van der Waals surface area contributed by atoms with Crippen molar-refractivity contribution in [1.82, 2.24) is 4.90 Å². The molecule has 0 heterocycles. The lowest BCUT2D eigenvalue weighted by atomic mass is 10.3. The van der Waals surface area contributed by atoms with Gasteiger partial charge in [-0.25, -0.2) is 4.39 Å². The number of carbonyl (C=O) groups is 1. The molecule has 4 nitrogen and oxygen atoms in total. The number of hydrogen-bond acceptors (Lipinski definition) is 3. The number of carbonyl (C=O) groups excluding carboxylic acids is 1. The van der Waals surface area contributed by atoms with Crippen LogP contribution in [0, 0.1) is 5.82 Å². The van der Waals surface area contributed by atoms with Crippen molar-refractivity contribution in [3.63, 3.8) is 0 Å². The number of nitrogens with zero attached hydrogens (tertiary/aromatic N) is 1. The largest absolute Gasteiger partial charge is 0.494 e. The minimum absolute atomic E-state index is 0.0178. The number of methoxy groups -OCH3 is 1. The molecule has 5 heteroatoms. The van der Waals surface area contributed by atoms with Gasteiger partial charge >= 0.3 is 0 Å². The molecule has 1 aromatic carbocycles. The van der Waals surface area contributed by atoms with Crippen LogP contribution < -0.4 is 10.1 Å². The SMILES string of the molecule is CCN(C)C(=O)CNc1ccc(F)c(OC)c1. The zero-order chi connectivity index (χ0) is 12.8. The quantitative estimate of drug-likeness (QED) is 0.852. The molecule has 0 aromatic heterocycles. The molecule has 0 aliphatic carbocycles. The number of benzene rings is 1. The van der Waals surface area contributed by atoms with Gasteiger partial charge in [0.25, 0.3) is 0 Å². The summed E-state index contributed by atoms with van der Waals surface area (Å²) in [5, 5.41) is 2.92. The van der Waals surface area contributed by atoms with Crippen LogP contribution in [-0.2, 0) is 4.79 Å². The van der Waals surface area contributed by atoms with Crippen LogP contribution in [0.15, 0.2) is 18.2 Å². The summed E-state index contributed by atoms with van der Waals surface area (Å²) in [5.41, 5.74) is 0.654. The fraction of sp³-hybridized carbons (Fsp3) is 0.417. The second kappa shape index (κ2) is 6.08. The standard InChI is InChI=1S/C12H17FN2O2/c1-4-15(2)12(16)8-14-9-5-6-10(13)11(7-9)17-3/h5-7,14H,4,8H2,1-3H3. The van der Waals surface area contributed by atoms with Gasteiger partial charge in [0.05, 0.1) is 13.7 Å². The van der Waals surface area contributed by atoms with E-state index in [9.17, 15) is 9.18 Å². The van der Waals surface area contributed by atoms with E-state index in [-0.39, 0.29) is 18.2 Å². The molecule has 0 atom stereocenters.